The molecule has 0 unspecified atom stereocenters. The fraction of sp³-hybridized carbons (Fsp3) is 0.200. The van der Waals surface area contributed by atoms with E-state index >= 15 is 0 Å². The molecule has 0 saturated heterocycles. The van der Waals surface area contributed by atoms with Crippen LogP contribution in [0.5, 0.6) is 0 Å². The third kappa shape index (κ3) is 4.37. The maximum absolute atomic E-state index is 11.8. The van der Waals surface area contributed by atoms with Crippen LogP contribution < -0.4 is 10.6 Å². The fourth-order valence-corrected chi connectivity index (χ4v) is 2.20. The SMILES string of the molecule is CSc1cccc(NC(=O)C(=O)NC[C@@H](O)c2ccoc2)c1. The third-order valence-electron chi connectivity index (χ3n) is 2.92. The van der Waals surface area contributed by atoms with Crippen molar-refractivity contribution < 1.29 is 19.1 Å². The molecule has 0 fully saturated rings. The predicted molar refractivity (Wildman–Crippen MR) is 83.5 cm³/mol. The molecule has 7 heteroatoms. The molecule has 22 heavy (non-hydrogen) atoms. The molecular weight excluding hydrogens is 304 g/mol. The summed E-state index contributed by atoms with van der Waals surface area (Å²) >= 11 is 1.54. The molecule has 1 aromatic carbocycles. The van der Waals surface area contributed by atoms with Crippen LogP contribution in [0.4, 0.5) is 5.69 Å². The van der Waals surface area contributed by atoms with Crippen molar-refractivity contribution in [1.82, 2.24) is 5.32 Å². The second-order valence-electron chi connectivity index (χ2n) is 4.47. The highest BCUT2D eigenvalue weighted by molar-refractivity contribution is 7.98. The number of thioether (sulfide) groups is 1. The lowest BCUT2D eigenvalue weighted by atomic mass is 10.2. The first kappa shape index (κ1) is 16.1. The Balaban J connectivity index is 1.85. The molecule has 1 atom stereocenters. The van der Waals surface area contributed by atoms with Gasteiger partial charge in [0.25, 0.3) is 0 Å². The van der Waals surface area contributed by atoms with Crippen LogP contribution in [0.2, 0.25) is 0 Å². The normalized spacial score (nSPS) is 11.7. The number of benzene rings is 1. The summed E-state index contributed by atoms with van der Waals surface area (Å²) in [4.78, 5) is 24.5. The number of aliphatic hydroxyl groups excluding tert-OH is 1. The molecule has 0 aliphatic carbocycles. The number of furan rings is 1. The van der Waals surface area contributed by atoms with Crippen LogP contribution in [0.1, 0.15) is 11.7 Å². The van der Waals surface area contributed by atoms with Crippen LogP contribution in [-0.4, -0.2) is 29.7 Å². The second kappa shape index (κ2) is 7.67. The minimum absolute atomic E-state index is 0.0728. The number of anilines is 1. The van der Waals surface area contributed by atoms with Gasteiger partial charge in [-0.15, -0.1) is 11.8 Å². The predicted octanol–water partition coefficient (Wildman–Crippen LogP) is 1.79. The summed E-state index contributed by atoms with van der Waals surface area (Å²) in [5.41, 5.74) is 1.08. The monoisotopic (exact) mass is 320 g/mol. The van der Waals surface area contributed by atoms with Crippen LogP contribution >= 0.6 is 11.8 Å². The lowest BCUT2D eigenvalue weighted by Crippen LogP contribution is -2.37. The van der Waals surface area contributed by atoms with Gasteiger partial charge in [-0.3, -0.25) is 9.59 Å². The van der Waals surface area contributed by atoms with E-state index in [9.17, 15) is 14.7 Å². The highest BCUT2D eigenvalue weighted by atomic mass is 32.2. The largest absolute Gasteiger partial charge is 0.472 e. The number of carbonyl (C=O) groups is 2. The fourth-order valence-electron chi connectivity index (χ4n) is 1.74. The zero-order valence-electron chi connectivity index (χ0n) is 11.9. The molecule has 0 bridgehead atoms. The smallest absolute Gasteiger partial charge is 0.313 e. The summed E-state index contributed by atoms with van der Waals surface area (Å²) in [6, 6.07) is 8.76. The highest BCUT2D eigenvalue weighted by Crippen LogP contribution is 2.18. The Morgan fingerprint density at radius 2 is 2.14 bits per heavy atom. The Labute approximate surface area is 131 Å². The number of hydrogen-bond donors (Lipinski definition) is 3. The molecule has 2 amide bonds. The second-order valence-corrected chi connectivity index (χ2v) is 5.35. The molecule has 0 saturated carbocycles. The van der Waals surface area contributed by atoms with Gasteiger partial charge in [-0.25, -0.2) is 0 Å². The number of amides is 2. The van der Waals surface area contributed by atoms with E-state index in [0.717, 1.165) is 4.90 Å². The number of rotatable bonds is 5. The van der Waals surface area contributed by atoms with Crippen molar-refractivity contribution in [2.24, 2.45) is 0 Å². The summed E-state index contributed by atoms with van der Waals surface area (Å²) in [5, 5.41) is 14.7. The van der Waals surface area contributed by atoms with Crippen molar-refractivity contribution in [3.8, 4) is 0 Å². The van der Waals surface area contributed by atoms with Gasteiger partial charge in [-0.2, -0.15) is 0 Å². The van der Waals surface area contributed by atoms with Crippen LogP contribution in [-0.2, 0) is 9.59 Å². The van der Waals surface area contributed by atoms with Gasteiger partial charge in [0.2, 0.25) is 0 Å². The standard InChI is InChI=1S/C15H16N2O4S/c1-22-12-4-2-3-11(7-12)17-15(20)14(19)16-8-13(18)10-5-6-21-9-10/h2-7,9,13,18H,8H2,1H3,(H,16,19)(H,17,20)/t13-/m1/s1. The highest BCUT2D eigenvalue weighted by Gasteiger charge is 2.16. The molecule has 6 nitrogen and oxygen atoms in total. The minimum atomic E-state index is -0.921. The van der Waals surface area contributed by atoms with Crippen molar-refractivity contribution in [2.45, 2.75) is 11.0 Å². The van der Waals surface area contributed by atoms with Crippen molar-refractivity contribution in [2.75, 3.05) is 18.1 Å². The summed E-state index contributed by atoms with van der Waals surface area (Å²) < 4.78 is 4.84. The zero-order valence-corrected chi connectivity index (χ0v) is 12.7. The Morgan fingerprint density at radius 3 is 2.82 bits per heavy atom. The maximum Gasteiger partial charge on any atom is 0.313 e. The summed E-state index contributed by atoms with van der Waals surface area (Å²) in [7, 11) is 0. The van der Waals surface area contributed by atoms with Gasteiger partial charge in [-0.1, -0.05) is 6.07 Å². The average Bonchev–Trinajstić information content (AvgIpc) is 3.06. The van der Waals surface area contributed by atoms with E-state index in [2.05, 4.69) is 10.6 Å². The first-order valence-corrected chi connectivity index (χ1v) is 7.76. The number of nitrogens with one attached hydrogen (secondary N) is 2. The summed E-state index contributed by atoms with van der Waals surface area (Å²) in [5.74, 6) is -1.59. The van der Waals surface area contributed by atoms with Crippen molar-refractivity contribution in [1.29, 1.82) is 0 Å². The van der Waals surface area contributed by atoms with E-state index < -0.39 is 17.9 Å². The molecule has 0 aliphatic rings. The quantitative estimate of drug-likeness (QED) is 0.577. The third-order valence-corrected chi connectivity index (χ3v) is 3.64. The average molecular weight is 320 g/mol. The van der Waals surface area contributed by atoms with Crippen LogP contribution in [0.15, 0.2) is 52.2 Å². The van der Waals surface area contributed by atoms with Gasteiger partial charge in [0.15, 0.2) is 0 Å². The van der Waals surface area contributed by atoms with Gasteiger partial charge in [0.1, 0.15) is 0 Å². The van der Waals surface area contributed by atoms with Gasteiger partial charge < -0.3 is 20.2 Å². The molecule has 2 rings (SSSR count). The minimum Gasteiger partial charge on any atom is -0.472 e. The molecule has 116 valence electrons. The maximum atomic E-state index is 11.8. The van der Waals surface area contributed by atoms with E-state index in [4.69, 9.17) is 4.42 Å². The molecule has 0 spiro atoms. The van der Waals surface area contributed by atoms with E-state index in [1.807, 2.05) is 12.3 Å². The molecule has 2 aromatic rings. The summed E-state index contributed by atoms with van der Waals surface area (Å²) in [6.07, 6.45) is 3.80. The first-order valence-electron chi connectivity index (χ1n) is 6.53. The Morgan fingerprint density at radius 1 is 1.32 bits per heavy atom. The van der Waals surface area contributed by atoms with Crippen molar-refractivity contribution in [3.63, 3.8) is 0 Å². The molecule has 1 heterocycles. The lowest BCUT2D eigenvalue weighted by Gasteiger charge is -2.10. The summed E-state index contributed by atoms with van der Waals surface area (Å²) in [6.45, 7) is -0.0728. The van der Waals surface area contributed by atoms with Gasteiger partial charge in [0, 0.05) is 22.7 Å². The number of aliphatic hydroxyl groups is 1. The van der Waals surface area contributed by atoms with Gasteiger partial charge in [0.05, 0.1) is 18.6 Å². The lowest BCUT2D eigenvalue weighted by molar-refractivity contribution is -0.136. The molecular formula is C15H16N2O4S. The number of hydrogen-bond acceptors (Lipinski definition) is 5. The molecule has 0 aliphatic heterocycles. The van der Waals surface area contributed by atoms with Gasteiger partial charge in [-0.05, 0) is 30.5 Å². The van der Waals surface area contributed by atoms with E-state index in [1.54, 1.807) is 24.3 Å². The topological polar surface area (TPSA) is 91.6 Å². The van der Waals surface area contributed by atoms with Gasteiger partial charge >= 0.3 is 11.8 Å². The zero-order chi connectivity index (χ0) is 15.9. The van der Waals surface area contributed by atoms with Crippen molar-refractivity contribution >= 4 is 29.3 Å². The Kier molecular flexibility index (Phi) is 5.62. The van der Waals surface area contributed by atoms with Crippen LogP contribution in [0.25, 0.3) is 0 Å². The van der Waals surface area contributed by atoms with E-state index in [-0.39, 0.29) is 6.54 Å². The van der Waals surface area contributed by atoms with Crippen LogP contribution in [0.3, 0.4) is 0 Å². The van der Waals surface area contributed by atoms with Crippen molar-refractivity contribution in [3.05, 3.63) is 48.4 Å². The molecule has 0 radical (unpaired) electrons. The number of carbonyl (C=O) groups excluding carboxylic acids is 2. The molecule has 1 aromatic heterocycles. The first-order chi connectivity index (χ1) is 10.6. The Hall–Kier alpha value is -2.25. The van der Waals surface area contributed by atoms with Crippen LogP contribution in [0, 0.1) is 0 Å². The Bertz CT molecular complexity index is 643. The van der Waals surface area contributed by atoms with E-state index in [0.29, 0.717) is 11.3 Å². The van der Waals surface area contributed by atoms with E-state index in [1.165, 1.54) is 24.3 Å². The molecule has 3 N–H and O–H groups in total.